The Balaban J connectivity index is 2.62. The molecule has 0 saturated heterocycles. The third kappa shape index (κ3) is 5.05. The van der Waals surface area contributed by atoms with Crippen LogP contribution in [-0.4, -0.2) is 37.6 Å². The van der Waals surface area contributed by atoms with Gasteiger partial charge in [-0.15, -0.1) is 0 Å². The number of nitrogens with one attached hydrogen (secondary N) is 1. The van der Waals surface area contributed by atoms with Crippen molar-refractivity contribution < 1.29 is 9.53 Å². The van der Waals surface area contributed by atoms with E-state index in [4.69, 9.17) is 4.74 Å². The molecule has 1 rings (SSSR count). The Morgan fingerprint density at radius 2 is 2.10 bits per heavy atom. The van der Waals surface area contributed by atoms with Gasteiger partial charge in [-0.25, -0.2) is 0 Å². The third-order valence-corrected chi connectivity index (χ3v) is 2.89. The fourth-order valence-electron chi connectivity index (χ4n) is 1.91. The van der Waals surface area contributed by atoms with Gasteiger partial charge in [0.05, 0.1) is 0 Å². The minimum Gasteiger partial charge on any atom is -0.483 e. The summed E-state index contributed by atoms with van der Waals surface area (Å²) in [5, 5.41) is 3.09. The Bertz CT molecular complexity index is 458. The number of para-hydroxylation sites is 1. The van der Waals surface area contributed by atoms with Gasteiger partial charge in [0.25, 0.3) is 5.91 Å². The van der Waals surface area contributed by atoms with E-state index in [-0.39, 0.29) is 12.5 Å². The monoisotopic (exact) mass is 276 g/mol. The van der Waals surface area contributed by atoms with Crippen LogP contribution in [0.1, 0.15) is 19.4 Å². The minimum atomic E-state index is -0.0187. The lowest BCUT2D eigenvalue weighted by molar-refractivity contribution is -0.132. The maximum Gasteiger partial charge on any atom is 0.260 e. The van der Waals surface area contributed by atoms with E-state index in [0.29, 0.717) is 19.6 Å². The summed E-state index contributed by atoms with van der Waals surface area (Å²) >= 11 is 0. The highest BCUT2D eigenvalue weighted by molar-refractivity contribution is 5.78. The minimum absolute atomic E-state index is 0.0187. The molecule has 0 radical (unpaired) electrons. The molecular formula is C16H24N2O2. The summed E-state index contributed by atoms with van der Waals surface area (Å²) in [5.41, 5.74) is 2.02. The number of carbonyl (C=O) groups is 1. The van der Waals surface area contributed by atoms with Crippen LogP contribution in [0.5, 0.6) is 5.75 Å². The van der Waals surface area contributed by atoms with Gasteiger partial charge in [0.2, 0.25) is 0 Å². The molecule has 0 saturated carbocycles. The van der Waals surface area contributed by atoms with Crippen molar-refractivity contribution >= 4 is 5.91 Å². The first kappa shape index (κ1) is 16.2. The number of amides is 1. The molecule has 0 heterocycles. The summed E-state index contributed by atoms with van der Waals surface area (Å²) in [6.45, 7) is 9.72. The number of benzene rings is 1. The molecule has 0 aromatic heterocycles. The van der Waals surface area contributed by atoms with Gasteiger partial charge in [-0.3, -0.25) is 4.79 Å². The molecule has 4 nitrogen and oxygen atoms in total. The number of likely N-dealkylation sites (N-methyl/N-ethyl adjacent to an activating group) is 1. The average molecular weight is 276 g/mol. The van der Waals surface area contributed by atoms with Crippen LogP contribution in [0.15, 0.2) is 36.4 Å². The van der Waals surface area contributed by atoms with Crippen LogP contribution in [0, 0.1) is 0 Å². The predicted octanol–water partition coefficient (Wildman–Crippen LogP) is 2.21. The van der Waals surface area contributed by atoms with E-state index in [1.165, 1.54) is 0 Å². The second-order valence-electron chi connectivity index (χ2n) is 4.79. The molecular weight excluding hydrogens is 252 g/mol. The smallest absolute Gasteiger partial charge is 0.260 e. The largest absolute Gasteiger partial charge is 0.483 e. The summed E-state index contributed by atoms with van der Waals surface area (Å²) in [6.07, 6.45) is 0. The van der Waals surface area contributed by atoms with E-state index in [1.54, 1.807) is 4.90 Å². The molecule has 1 aromatic carbocycles. The fraction of sp³-hybridized carbons (Fsp3) is 0.438. The number of hydrogen-bond donors (Lipinski definition) is 1. The molecule has 0 aliphatic rings. The topological polar surface area (TPSA) is 41.6 Å². The van der Waals surface area contributed by atoms with Gasteiger partial charge >= 0.3 is 0 Å². The Morgan fingerprint density at radius 3 is 2.70 bits per heavy atom. The van der Waals surface area contributed by atoms with Crippen LogP contribution in [0.4, 0.5) is 0 Å². The van der Waals surface area contributed by atoms with Crippen molar-refractivity contribution in [3.05, 3.63) is 42.0 Å². The molecule has 0 fully saturated rings. The summed E-state index contributed by atoms with van der Waals surface area (Å²) in [6, 6.07) is 7.74. The van der Waals surface area contributed by atoms with Crippen LogP contribution >= 0.6 is 0 Å². The summed E-state index contributed by atoms with van der Waals surface area (Å²) < 4.78 is 5.65. The van der Waals surface area contributed by atoms with Gasteiger partial charge in [-0.2, -0.15) is 0 Å². The maximum absolute atomic E-state index is 12.1. The first-order chi connectivity index (χ1) is 9.58. The quantitative estimate of drug-likeness (QED) is 0.740. The van der Waals surface area contributed by atoms with Crippen molar-refractivity contribution in [2.24, 2.45) is 0 Å². The number of ether oxygens (including phenoxy) is 1. The highest BCUT2D eigenvalue weighted by Gasteiger charge is 2.13. The van der Waals surface area contributed by atoms with E-state index in [1.807, 2.05) is 45.2 Å². The second-order valence-corrected chi connectivity index (χ2v) is 4.79. The first-order valence-corrected chi connectivity index (χ1v) is 6.86. The van der Waals surface area contributed by atoms with Crippen LogP contribution in [0.3, 0.4) is 0 Å². The zero-order chi connectivity index (χ0) is 15.0. The van der Waals surface area contributed by atoms with Crippen molar-refractivity contribution in [1.82, 2.24) is 10.2 Å². The molecule has 0 unspecified atom stereocenters. The van der Waals surface area contributed by atoms with E-state index in [2.05, 4.69) is 11.9 Å². The average Bonchev–Trinajstić information content (AvgIpc) is 2.43. The van der Waals surface area contributed by atoms with Gasteiger partial charge in [0, 0.05) is 25.2 Å². The Labute approximate surface area is 121 Å². The number of carbonyl (C=O) groups excluding carboxylic acids is 1. The molecule has 0 atom stereocenters. The summed E-state index contributed by atoms with van der Waals surface area (Å²) in [7, 11) is 1.88. The van der Waals surface area contributed by atoms with Gasteiger partial charge < -0.3 is 15.0 Å². The van der Waals surface area contributed by atoms with E-state index in [9.17, 15) is 4.79 Å². The van der Waals surface area contributed by atoms with Gasteiger partial charge in [-0.05, 0) is 27.0 Å². The Morgan fingerprint density at radius 1 is 1.40 bits per heavy atom. The van der Waals surface area contributed by atoms with E-state index in [0.717, 1.165) is 16.9 Å². The van der Waals surface area contributed by atoms with Crippen LogP contribution < -0.4 is 10.1 Å². The van der Waals surface area contributed by atoms with E-state index >= 15 is 0 Å². The first-order valence-electron chi connectivity index (χ1n) is 6.86. The molecule has 0 spiro atoms. The van der Waals surface area contributed by atoms with Gasteiger partial charge in [0.15, 0.2) is 6.61 Å². The molecule has 1 amide bonds. The Kier molecular flexibility index (Phi) is 6.81. The molecule has 0 aliphatic heterocycles. The molecule has 0 aliphatic carbocycles. The van der Waals surface area contributed by atoms with Crippen molar-refractivity contribution in [3.8, 4) is 5.75 Å². The number of rotatable bonds is 8. The van der Waals surface area contributed by atoms with Crippen LogP contribution in [-0.2, 0) is 11.3 Å². The highest BCUT2D eigenvalue weighted by Crippen LogP contribution is 2.17. The van der Waals surface area contributed by atoms with Crippen LogP contribution in [0.2, 0.25) is 0 Å². The SMILES string of the molecule is C=C(C)CN(CC)C(=O)COc1ccccc1CNC. The van der Waals surface area contributed by atoms with Crippen molar-refractivity contribution in [2.45, 2.75) is 20.4 Å². The van der Waals surface area contributed by atoms with Crippen molar-refractivity contribution in [3.63, 3.8) is 0 Å². The lowest BCUT2D eigenvalue weighted by atomic mass is 10.2. The molecule has 4 heteroatoms. The molecule has 20 heavy (non-hydrogen) atoms. The number of nitrogens with zero attached hydrogens (tertiary/aromatic N) is 1. The van der Waals surface area contributed by atoms with Gasteiger partial charge in [0.1, 0.15) is 5.75 Å². The lowest BCUT2D eigenvalue weighted by Gasteiger charge is -2.21. The van der Waals surface area contributed by atoms with Crippen LogP contribution in [0.25, 0.3) is 0 Å². The fourth-order valence-corrected chi connectivity index (χ4v) is 1.91. The highest BCUT2D eigenvalue weighted by atomic mass is 16.5. The van der Waals surface area contributed by atoms with E-state index < -0.39 is 0 Å². The molecule has 1 aromatic rings. The second kappa shape index (κ2) is 8.38. The normalized spacial score (nSPS) is 10.2. The molecule has 0 bridgehead atoms. The summed E-state index contributed by atoms with van der Waals surface area (Å²) in [4.78, 5) is 13.8. The zero-order valence-corrected chi connectivity index (χ0v) is 12.6. The Hall–Kier alpha value is -1.81. The number of hydrogen-bond acceptors (Lipinski definition) is 3. The van der Waals surface area contributed by atoms with Crippen molar-refractivity contribution in [1.29, 1.82) is 0 Å². The molecule has 1 N–H and O–H groups in total. The van der Waals surface area contributed by atoms with Gasteiger partial charge in [-0.1, -0.05) is 30.4 Å². The third-order valence-electron chi connectivity index (χ3n) is 2.89. The lowest BCUT2D eigenvalue weighted by Crippen LogP contribution is -2.36. The zero-order valence-electron chi connectivity index (χ0n) is 12.6. The predicted molar refractivity (Wildman–Crippen MR) is 81.8 cm³/mol. The standard InChI is InChI=1S/C16H24N2O2/c1-5-18(11-13(2)3)16(19)12-20-15-9-7-6-8-14(15)10-17-4/h6-9,17H,2,5,10-12H2,1,3-4H3. The van der Waals surface area contributed by atoms with Crippen molar-refractivity contribution in [2.75, 3.05) is 26.7 Å². The maximum atomic E-state index is 12.1. The molecule has 110 valence electrons. The summed E-state index contributed by atoms with van der Waals surface area (Å²) in [5.74, 6) is 0.733.